The standard InChI is InChI=1S/C21H24BrNO2/c1-16(22)20(24)23-14-12-19(13-15-23)21(25,17-8-4-2-5-9-17)18-10-6-3-7-11-18/h2-11,16,19,25H,12-15H2,1H3. The number of nitrogens with zero attached hydrogens (tertiary/aromatic N) is 1. The largest absolute Gasteiger partial charge is 0.380 e. The molecule has 1 fully saturated rings. The maximum Gasteiger partial charge on any atom is 0.236 e. The SMILES string of the molecule is CC(Br)C(=O)N1CCC(C(O)(c2ccccc2)c2ccccc2)CC1. The Kier molecular flexibility index (Phi) is 5.60. The number of halogens is 1. The second kappa shape index (κ2) is 7.71. The van der Waals surface area contributed by atoms with Gasteiger partial charge in [-0.3, -0.25) is 4.79 Å². The highest BCUT2D eigenvalue weighted by atomic mass is 79.9. The molecule has 3 nitrogen and oxygen atoms in total. The molecule has 4 heteroatoms. The summed E-state index contributed by atoms with van der Waals surface area (Å²) in [4.78, 5) is 13.9. The molecule has 1 unspecified atom stereocenters. The third-order valence-corrected chi connectivity index (χ3v) is 5.56. The lowest BCUT2D eigenvalue weighted by atomic mass is 9.72. The predicted octanol–water partition coefficient (Wildman–Crippen LogP) is 3.94. The minimum Gasteiger partial charge on any atom is -0.380 e. The van der Waals surface area contributed by atoms with E-state index in [0.29, 0.717) is 13.1 Å². The van der Waals surface area contributed by atoms with Crippen molar-refractivity contribution in [2.45, 2.75) is 30.2 Å². The molecule has 1 aliphatic rings. The van der Waals surface area contributed by atoms with Crippen LogP contribution in [-0.2, 0) is 10.4 Å². The van der Waals surface area contributed by atoms with Crippen molar-refractivity contribution in [3.63, 3.8) is 0 Å². The third kappa shape index (κ3) is 3.65. The molecule has 0 saturated carbocycles. The van der Waals surface area contributed by atoms with Crippen LogP contribution in [0.15, 0.2) is 60.7 Å². The van der Waals surface area contributed by atoms with Gasteiger partial charge in [0.2, 0.25) is 5.91 Å². The highest BCUT2D eigenvalue weighted by molar-refractivity contribution is 9.10. The fourth-order valence-corrected chi connectivity index (χ4v) is 4.08. The summed E-state index contributed by atoms with van der Waals surface area (Å²) in [7, 11) is 0. The number of alkyl halides is 1. The Morgan fingerprint density at radius 1 is 1.04 bits per heavy atom. The molecule has 0 bridgehead atoms. The summed E-state index contributed by atoms with van der Waals surface area (Å²) in [6.45, 7) is 3.22. The van der Waals surface area contributed by atoms with E-state index >= 15 is 0 Å². The molecule has 1 saturated heterocycles. The second-order valence-corrected chi connectivity index (χ2v) is 8.09. The summed E-state index contributed by atoms with van der Waals surface area (Å²) in [5.74, 6) is 0.202. The summed E-state index contributed by atoms with van der Waals surface area (Å²) in [5, 5.41) is 11.8. The fraction of sp³-hybridized carbons (Fsp3) is 0.381. The molecule has 1 atom stereocenters. The van der Waals surface area contributed by atoms with Crippen LogP contribution >= 0.6 is 15.9 Å². The summed E-state index contributed by atoms with van der Waals surface area (Å²) in [5.41, 5.74) is 0.803. The fourth-order valence-electron chi connectivity index (χ4n) is 3.79. The van der Waals surface area contributed by atoms with Gasteiger partial charge in [0.25, 0.3) is 0 Å². The van der Waals surface area contributed by atoms with E-state index in [4.69, 9.17) is 0 Å². The van der Waals surface area contributed by atoms with Gasteiger partial charge in [-0.25, -0.2) is 0 Å². The smallest absolute Gasteiger partial charge is 0.236 e. The minimum absolute atomic E-state index is 0.0759. The number of carbonyl (C=O) groups is 1. The Hall–Kier alpha value is -1.65. The van der Waals surface area contributed by atoms with Crippen molar-refractivity contribution in [1.82, 2.24) is 4.90 Å². The van der Waals surface area contributed by atoms with Gasteiger partial charge in [-0.05, 0) is 36.8 Å². The number of aliphatic hydroxyl groups is 1. The molecular weight excluding hydrogens is 378 g/mol. The van der Waals surface area contributed by atoms with E-state index in [1.54, 1.807) is 0 Å². The van der Waals surface area contributed by atoms with E-state index in [0.717, 1.165) is 24.0 Å². The van der Waals surface area contributed by atoms with Gasteiger partial charge >= 0.3 is 0 Å². The van der Waals surface area contributed by atoms with Gasteiger partial charge in [0.15, 0.2) is 0 Å². The Morgan fingerprint density at radius 3 is 1.88 bits per heavy atom. The number of likely N-dealkylation sites (tertiary alicyclic amines) is 1. The van der Waals surface area contributed by atoms with Crippen molar-refractivity contribution >= 4 is 21.8 Å². The Bertz CT molecular complexity index is 655. The van der Waals surface area contributed by atoms with Gasteiger partial charge in [-0.15, -0.1) is 0 Å². The molecule has 1 N–H and O–H groups in total. The zero-order valence-electron chi connectivity index (χ0n) is 14.4. The minimum atomic E-state index is -1.03. The van der Waals surface area contributed by atoms with Crippen LogP contribution in [0.4, 0.5) is 0 Å². The highest BCUT2D eigenvalue weighted by Gasteiger charge is 2.42. The molecule has 132 valence electrons. The molecule has 0 aromatic heterocycles. The van der Waals surface area contributed by atoms with Crippen LogP contribution in [0.1, 0.15) is 30.9 Å². The van der Waals surface area contributed by atoms with E-state index < -0.39 is 5.60 Å². The Morgan fingerprint density at radius 2 is 1.48 bits per heavy atom. The van der Waals surface area contributed by atoms with E-state index in [1.807, 2.05) is 72.5 Å². The van der Waals surface area contributed by atoms with Gasteiger partial charge in [0.1, 0.15) is 5.60 Å². The van der Waals surface area contributed by atoms with Gasteiger partial charge in [0.05, 0.1) is 4.83 Å². The monoisotopic (exact) mass is 401 g/mol. The van der Waals surface area contributed by atoms with E-state index in [9.17, 15) is 9.90 Å². The van der Waals surface area contributed by atoms with Crippen molar-refractivity contribution in [3.8, 4) is 0 Å². The quantitative estimate of drug-likeness (QED) is 0.787. The van der Waals surface area contributed by atoms with Gasteiger partial charge in [-0.2, -0.15) is 0 Å². The van der Waals surface area contributed by atoms with Crippen LogP contribution in [0, 0.1) is 5.92 Å². The number of carbonyl (C=O) groups excluding carboxylic acids is 1. The summed E-state index contributed by atoms with van der Waals surface area (Å²) >= 11 is 3.36. The number of rotatable bonds is 4. The van der Waals surface area contributed by atoms with Crippen LogP contribution in [0.2, 0.25) is 0 Å². The molecule has 2 aromatic rings. The third-order valence-electron chi connectivity index (χ3n) is 5.17. The summed E-state index contributed by atoms with van der Waals surface area (Å²) in [6, 6.07) is 19.8. The lowest BCUT2D eigenvalue weighted by Gasteiger charge is -2.42. The number of piperidine rings is 1. The maximum absolute atomic E-state index is 12.2. The van der Waals surface area contributed by atoms with Crippen molar-refractivity contribution < 1.29 is 9.90 Å². The van der Waals surface area contributed by atoms with Gasteiger partial charge in [-0.1, -0.05) is 76.6 Å². The zero-order chi connectivity index (χ0) is 17.9. The van der Waals surface area contributed by atoms with Crippen molar-refractivity contribution in [2.75, 3.05) is 13.1 Å². The van der Waals surface area contributed by atoms with Crippen LogP contribution < -0.4 is 0 Å². The van der Waals surface area contributed by atoms with Gasteiger partial charge in [0, 0.05) is 13.1 Å². The first-order valence-corrected chi connectivity index (χ1v) is 9.71. The first kappa shape index (κ1) is 18.2. The molecule has 0 aliphatic carbocycles. The lowest BCUT2D eigenvalue weighted by molar-refractivity contribution is -0.133. The van der Waals surface area contributed by atoms with Crippen LogP contribution in [0.25, 0.3) is 0 Å². The first-order valence-electron chi connectivity index (χ1n) is 8.79. The van der Waals surface area contributed by atoms with Gasteiger partial charge < -0.3 is 10.0 Å². The maximum atomic E-state index is 12.2. The average Bonchev–Trinajstić information content (AvgIpc) is 2.68. The van der Waals surface area contributed by atoms with E-state index in [1.165, 1.54) is 0 Å². The topological polar surface area (TPSA) is 40.5 Å². The molecule has 2 aromatic carbocycles. The summed E-state index contributed by atoms with van der Waals surface area (Å²) in [6.07, 6.45) is 1.57. The van der Waals surface area contributed by atoms with Crippen molar-refractivity contribution in [3.05, 3.63) is 71.8 Å². The molecular formula is C21H24BrNO2. The predicted molar refractivity (Wildman–Crippen MR) is 104 cm³/mol. The first-order chi connectivity index (χ1) is 12.0. The van der Waals surface area contributed by atoms with Crippen LogP contribution in [0.5, 0.6) is 0 Å². The zero-order valence-corrected chi connectivity index (χ0v) is 16.0. The molecule has 1 heterocycles. The second-order valence-electron chi connectivity index (χ2n) is 6.71. The molecule has 25 heavy (non-hydrogen) atoms. The molecule has 3 rings (SSSR count). The average molecular weight is 402 g/mol. The number of hydrogen-bond acceptors (Lipinski definition) is 2. The van der Waals surface area contributed by atoms with E-state index in [-0.39, 0.29) is 16.7 Å². The van der Waals surface area contributed by atoms with Crippen molar-refractivity contribution in [2.24, 2.45) is 5.92 Å². The summed E-state index contributed by atoms with van der Waals surface area (Å²) < 4.78 is 0. The molecule has 0 radical (unpaired) electrons. The number of amides is 1. The van der Waals surface area contributed by atoms with Crippen LogP contribution in [0.3, 0.4) is 0 Å². The molecule has 1 aliphatic heterocycles. The lowest BCUT2D eigenvalue weighted by Crippen LogP contribution is -2.47. The Balaban J connectivity index is 1.89. The highest BCUT2D eigenvalue weighted by Crippen LogP contribution is 2.41. The molecule has 0 spiro atoms. The number of benzene rings is 2. The molecule has 1 amide bonds. The van der Waals surface area contributed by atoms with E-state index in [2.05, 4.69) is 15.9 Å². The number of hydrogen-bond donors (Lipinski definition) is 1. The Labute approximate surface area is 157 Å². The van der Waals surface area contributed by atoms with Crippen LogP contribution in [-0.4, -0.2) is 33.8 Å². The van der Waals surface area contributed by atoms with Crippen molar-refractivity contribution in [1.29, 1.82) is 0 Å². The normalized spacial score (nSPS) is 17.3.